The Morgan fingerprint density at radius 3 is 2.45 bits per heavy atom. The van der Waals surface area contributed by atoms with E-state index in [2.05, 4.69) is 11.5 Å². The molecule has 44 heavy (non-hydrogen) atoms. The molecule has 1 unspecified atom stereocenters. The van der Waals surface area contributed by atoms with Crippen LogP contribution in [0.4, 0.5) is 23.2 Å². The van der Waals surface area contributed by atoms with E-state index >= 15 is 0 Å². The summed E-state index contributed by atoms with van der Waals surface area (Å²) < 4.78 is 54.2. The molecule has 1 atom stereocenters. The molecule has 3 aromatic carbocycles. The van der Waals surface area contributed by atoms with Crippen molar-refractivity contribution in [1.82, 2.24) is 9.80 Å². The van der Waals surface area contributed by atoms with Gasteiger partial charge in [-0.25, -0.2) is 4.39 Å². The van der Waals surface area contributed by atoms with Crippen molar-refractivity contribution in [2.75, 3.05) is 38.6 Å². The third-order valence-electron chi connectivity index (χ3n) is 9.15. The minimum Gasteiger partial charge on any atom is -0.349 e. The van der Waals surface area contributed by atoms with Crippen molar-refractivity contribution in [2.45, 2.75) is 49.7 Å². The van der Waals surface area contributed by atoms with Crippen molar-refractivity contribution in [1.29, 1.82) is 0 Å². The van der Waals surface area contributed by atoms with Crippen LogP contribution in [0.5, 0.6) is 0 Å². The SMILES string of the molecule is C=C1CC2(CCN(CCC(C(=O)N(C)Cc3cccc(C(F)(F)F)c3)c3ccc(Cl)c(Cl)c3)CC2)c2cc(F)ccc2N1C. The van der Waals surface area contributed by atoms with Crippen molar-refractivity contribution in [3.05, 3.63) is 111 Å². The van der Waals surface area contributed by atoms with Crippen LogP contribution in [0.3, 0.4) is 0 Å². The summed E-state index contributed by atoms with van der Waals surface area (Å²) in [4.78, 5) is 19.7. The quantitative estimate of drug-likeness (QED) is 0.240. The van der Waals surface area contributed by atoms with Gasteiger partial charge in [-0.1, -0.05) is 48.0 Å². The summed E-state index contributed by atoms with van der Waals surface area (Å²) in [5.41, 5.74) is 3.16. The van der Waals surface area contributed by atoms with E-state index in [1.165, 1.54) is 17.0 Å². The summed E-state index contributed by atoms with van der Waals surface area (Å²) in [6.45, 7) is 6.48. The molecule has 0 aromatic heterocycles. The Kier molecular flexibility index (Phi) is 9.36. The summed E-state index contributed by atoms with van der Waals surface area (Å²) >= 11 is 12.5. The average molecular weight is 649 g/mol. The van der Waals surface area contributed by atoms with Gasteiger partial charge in [-0.05, 0) is 104 Å². The molecule has 1 spiro atoms. The molecule has 5 rings (SSSR count). The molecule has 0 N–H and O–H groups in total. The molecular weight excluding hydrogens is 613 g/mol. The van der Waals surface area contributed by atoms with E-state index < -0.39 is 17.7 Å². The van der Waals surface area contributed by atoms with Crippen molar-refractivity contribution in [3.63, 3.8) is 0 Å². The topological polar surface area (TPSA) is 26.8 Å². The Hall–Kier alpha value is -3.07. The number of amides is 1. The first kappa shape index (κ1) is 32.3. The smallest absolute Gasteiger partial charge is 0.349 e. The van der Waals surface area contributed by atoms with Gasteiger partial charge in [0.15, 0.2) is 0 Å². The molecular formula is C34H35Cl2F4N3O. The van der Waals surface area contributed by atoms with Gasteiger partial charge in [0.25, 0.3) is 0 Å². The molecule has 2 heterocycles. The third-order valence-corrected chi connectivity index (χ3v) is 9.89. The third kappa shape index (κ3) is 6.77. The summed E-state index contributed by atoms with van der Waals surface area (Å²) in [5.74, 6) is -1.04. The first-order valence-electron chi connectivity index (χ1n) is 14.6. The lowest BCUT2D eigenvalue weighted by atomic mass is 9.67. The first-order valence-corrected chi connectivity index (χ1v) is 15.3. The summed E-state index contributed by atoms with van der Waals surface area (Å²) in [7, 11) is 3.56. The lowest BCUT2D eigenvalue weighted by molar-refractivity contribution is -0.137. The number of allylic oxidation sites excluding steroid dienone is 1. The lowest BCUT2D eigenvalue weighted by Crippen LogP contribution is -2.47. The maximum Gasteiger partial charge on any atom is 0.416 e. The van der Waals surface area contributed by atoms with Crippen LogP contribution >= 0.6 is 23.2 Å². The van der Waals surface area contributed by atoms with Crippen molar-refractivity contribution in [3.8, 4) is 0 Å². The highest BCUT2D eigenvalue weighted by Crippen LogP contribution is 2.49. The van der Waals surface area contributed by atoms with E-state index in [9.17, 15) is 22.4 Å². The molecule has 2 aliphatic heterocycles. The van der Waals surface area contributed by atoms with Crippen LogP contribution < -0.4 is 4.90 Å². The Bertz CT molecular complexity index is 1550. The largest absolute Gasteiger partial charge is 0.416 e. The molecule has 4 nitrogen and oxygen atoms in total. The number of fused-ring (bicyclic) bond motifs is 2. The fourth-order valence-electron chi connectivity index (χ4n) is 6.59. The van der Waals surface area contributed by atoms with Crippen LogP contribution in [0.1, 0.15) is 53.9 Å². The Morgan fingerprint density at radius 1 is 1.05 bits per heavy atom. The van der Waals surface area contributed by atoms with Crippen LogP contribution in [0.2, 0.25) is 10.0 Å². The van der Waals surface area contributed by atoms with E-state index in [4.69, 9.17) is 23.2 Å². The molecule has 0 bridgehead atoms. The highest BCUT2D eigenvalue weighted by atomic mass is 35.5. The van der Waals surface area contributed by atoms with Crippen molar-refractivity contribution in [2.24, 2.45) is 0 Å². The van der Waals surface area contributed by atoms with E-state index in [1.54, 1.807) is 37.4 Å². The minimum atomic E-state index is -4.47. The number of halogens is 6. The maximum absolute atomic E-state index is 14.4. The van der Waals surface area contributed by atoms with Gasteiger partial charge < -0.3 is 14.7 Å². The molecule has 0 aliphatic carbocycles. The number of likely N-dealkylation sites (tertiary alicyclic amines) is 1. The molecule has 234 valence electrons. The number of carbonyl (C=O) groups excluding carboxylic acids is 1. The summed E-state index contributed by atoms with van der Waals surface area (Å²) in [5, 5.41) is 0.701. The van der Waals surface area contributed by atoms with Gasteiger partial charge in [-0.15, -0.1) is 0 Å². The fraction of sp³-hybridized carbons (Fsp3) is 0.382. The number of carbonyl (C=O) groups is 1. The van der Waals surface area contributed by atoms with Gasteiger partial charge in [0, 0.05) is 37.4 Å². The number of alkyl halides is 3. The van der Waals surface area contributed by atoms with E-state index in [0.717, 1.165) is 61.4 Å². The van der Waals surface area contributed by atoms with Gasteiger partial charge in [-0.3, -0.25) is 4.79 Å². The number of likely N-dealkylation sites (N-methyl/N-ethyl adjacent to an activating group) is 1. The number of hydrogen-bond acceptors (Lipinski definition) is 3. The van der Waals surface area contributed by atoms with E-state index in [0.29, 0.717) is 34.1 Å². The van der Waals surface area contributed by atoms with Gasteiger partial charge in [0.2, 0.25) is 5.91 Å². The van der Waals surface area contributed by atoms with Crippen LogP contribution in [-0.2, 0) is 22.9 Å². The molecule has 3 aromatic rings. The number of anilines is 1. The number of benzene rings is 3. The van der Waals surface area contributed by atoms with Crippen molar-refractivity contribution >= 4 is 34.8 Å². The Morgan fingerprint density at radius 2 is 1.77 bits per heavy atom. The van der Waals surface area contributed by atoms with Crippen LogP contribution in [0, 0.1) is 5.82 Å². The molecule has 1 fully saturated rings. The van der Waals surface area contributed by atoms with Crippen LogP contribution in [-0.4, -0.2) is 49.4 Å². The van der Waals surface area contributed by atoms with Gasteiger partial charge >= 0.3 is 6.18 Å². The van der Waals surface area contributed by atoms with Gasteiger partial charge in [0.05, 0.1) is 21.5 Å². The molecule has 10 heteroatoms. The molecule has 1 saturated heterocycles. The minimum absolute atomic E-state index is 0.0289. The van der Waals surface area contributed by atoms with Crippen LogP contribution in [0.25, 0.3) is 0 Å². The highest BCUT2D eigenvalue weighted by Gasteiger charge is 2.42. The normalized spacial score (nSPS) is 17.5. The highest BCUT2D eigenvalue weighted by molar-refractivity contribution is 6.42. The predicted octanol–water partition coefficient (Wildman–Crippen LogP) is 8.67. The Labute approximate surface area is 265 Å². The van der Waals surface area contributed by atoms with Gasteiger partial charge in [-0.2, -0.15) is 13.2 Å². The zero-order valence-electron chi connectivity index (χ0n) is 24.7. The molecule has 2 aliphatic rings. The maximum atomic E-state index is 14.4. The molecule has 1 amide bonds. The zero-order valence-corrected chi connectivity index (χ0v) is 26.2. The van der Waals surface area contributed by atoms with Crippen molar-refractivity contribution < 1.29 is 22.4 Å². The second kappa shape index (κ2) is 12.7. The standard InChI is InChI=1S/C34H35Cl2F4N3O/c1-22-20-33(28-19-26(37)8-10-31(28)42(22)3)12-15-43(16-13-33)14-11-27(24-7-9-29(35)30(36)18-24)32(44)41(2)21-23-5-4-6-25(17-23)34(38,39)40/h4-10,17-19,27H,1,11-16,20-21H2,2-3H3. The number of piperidine rings is 1. The molecule has 0 saturated carbocycles. The zero-order chi connectivity index (χ0) is 31.8. The fourth-order valence-corrected chi connectivity index (χ4v) is 6.89. The number of rotatable bonds is 7. The molecule has 0 radical (unpaired) electrons. The van der Waals surface area contributed by atoms with E-state index in [1.807, 2.05) is 18.0 Å². The monoisotopic (exact) mass is 647 g/mol. The summed E-state index contributed by atoms with van der Waals surface area (Å²) in [6, 6.07) is 15.1. The number of nitrogens with zero attached hydrogens (tertiary/aromatic N) is 3. The van der Waals surface area contributed by atoms with E-state index in [-0.39, 0.29) is 23.7 Å². The predicted molar refractivity (Wildman–Crippen MR) is 168 cm³/mol. The second-order valence-corrected chi connectivity index (χ2v) is 12.8. The first-order chi connectivity index (χ1) is 20.8. The lowest BCUT2D eigenvalue weighted by Gasteiger charge is -2.48. The van der Waals surface area contributed by atoms with Crippen LogP contribution in [0.15, 0.2) is 72.9 Å². The summed E-state index contributed by atoms with van der Waals surface area (Å²) in [6.07, 6.45) is -1.56. The van der Waals surface area contributed by atoms with Gasteiger partial charge in [0.1, 0.15) is 5.82 Å². The number of hydrogen-bond donors (Lipinski definition) is 0. The second-order valence-electron chi connectivity index (χ2n) is 12.0. The Balaban J connectivity index is 1.31. The average Bonchev–Trinajstić information content (AvgIpc) is 2.98.